The van der Waals surface area contributed by atoms with Gasteiger partial charge in [-0.2, -0.15) is 4.98 Å². The molecule has 1 aliphatic rings. The second-order valence-electron chi connectivity index (χ2n) is 4.46. The molecule has 0 aliphatic carbocycles. The van der Waals surface area contributed by atoms with Crippen molar-refractivity contribution >= 4 is 12.4 Å². The fourth-order valence-electron chi connectivity index (χ4n) is 2.45. The molecule has 18 heavy (non-hydrogen) atoms. The Kier molecular flexibility index (Phi) is 3.99. The standard InChI is InChI=1S/C13H15N3O.ClH/c1-9-15-13(17-16-9)12-8-14-7-11(12)10-5-3-2-4-6-10;/h2-6,11-12,14H,7-8H2,1H3;1H. The molecule has 2 unspecified atom stereocenters. The van der Waals surface area contributed by atoms with Gasteiger partial charge in [0.15, 0.2) is 5.82 Å². The number of benzene rings is 1. The van der Waals surface area contributed by atoms with E-state index in [9.17, 15) is 0 Å². The molecule has 5 heteroatoms. The molecule has 96 valence electrons. The van der Waals surface area contributed by atoms with E-state index in [1.54, 1.807) is 0 Å². The Hall–Kier alpha value is -1.39. The minimum absolute atomic E-state index is 0. The number of rotatable bonds is 2. The van der Waals surface area contributed by atoms with Crippen LogP contribution < -0.4 is 5.32 Å². The summed E-state index contributed by atoms with van der Waals surface area (Å²) in [6, 6.07) is 10.5. The van der Waals surface area contributed by atoms with Crippen molar-refractivity contribution in [3.8, 4) is 0 Å². The molecule has 3 rings (SSSR count). The Balaban J connectivity index is 0.00000120. The Morgan fingerprint density at radius 3 is 2.56 bits per heavy atom. The molecule has 4 nitrogen and oxygen atoms in total. The largest absolute Gasteiger partial charge is 0.339 e. The lowest BCUT2D eigenvalue weighted by molar-refractivity contribution is 0.348. The normalized spacial score (nSPS) is 22.7. The molecule has 2 atom stereocenters. The van der Waals surface area contributed by atoms with Crippen LogP contribution in [0, 0.1) is 6.92 Å². The molecule has 1 aromatic heterocycles. The fourth-order valence-corrected chi connectivity index (χ4v) is 2.45. The Morgan fingerprint density at radius 2 is 1.89 bits per heavy atom. The molecule has 1 saturated heterocycles. The van der Waals surface area contributed by atoms with E-state index in [0.717, 1.165) is 19.0 Å². The average Bonchev–Trinajstić information content (AvgIpc) is 2.98. The van der Waals surface area contributed by atoms with Crippen LogP contribution in [0.4, 0.5) is 0 Å². The topological polar surface area (TPSA) is 51.0 Å². The lowest BCUT2D eigenvalue weighted by Gasteiger charge is -2.14. The summed E-state index contributed by atoms with van der Waals surface area (Å²) in [5.74, 6) is 2.18. The Bertz CT molecular complexity index is 500. The van der Waals surface area contributed by atoms with Crippen LogP contribution in [-0.4, -0.2) is 23.2 Å². The van der Waals surface area contributed by atoms with Gasteiger partial charge in [0.2, 0.25) is 5.89 Å². The third kappa shape index (κ3) is 2.40. The van der Waals surface area contributed by atoms with Crippen molar-refractivity contribution in [3.05, 3.63) is 47.6 Å². The van der Waals surface area contributed by atoms with Gasteiger partial charge in [0.05, 0.1) is 5.92 Å². The monoisotopic (exact) mass is 265 g/mol. The molecule has 1 N–H and O–H groups in total. The molecule has 1 aromatic carbocycles. The smallest absolute Gasteiger partial charge is 0.231 e. The quantitative estimate of drug-likeness (QED) is 0.905. The van der Waals surface area contributed by atoms with Gasteiger partial charge in [-0.3, -0.25) is 0 Å². The maximum Gasteiger partial charge on any atom is 0.231 e. The van der Waals surface area contributed by atoms with Crippen molar-refractivity contribution in [2.75, 3.05) is 13.1 Å². The highest BCUT2D eigenvalue weighted by Gasteiger charge is 2.33. The highest BCUT2D eigenvalue weighted by atomic mass is 35.5. The van der Waals surface area contributed by atoms with Gasteiger partial charge in [-0.25, -0.2) is 0 Å². The van der Waals surface area contributed by atoms with Crippen molar-refractivity contribution < 1.29 is 4.52 Å². The molecule has 0 radical (unpaired) electrons. The van der Waals surface area contributed by atoms with Gasteiger partial charge in [-0.15, -0.1) is 12.4 Å². The summed E-state index contributed by atoms with van der Waals surface area (Å²) >= 11 is 0. The van der Waals surface area contributed by atoms with E-state index in [-0.39, 0.29) is 12.4 Å². The second-order valence-corrected chi connectivity index (χ2v) is 4.46. The number of aromatic nitrogens is 2. The van der Waals surface area contributed by atoms with Gasteiger partial charge >= 0.3 is 0 Å². The fraction of sp³-hybridized carbons (Fsp3) is 0.385. The summed E-state index contributed by atoms with van der Waals surface area (Å²) in [5, 5.41) is 7.28. The highest BCUT2D eigenvalue weighted by molar-refractivity contribution is 5.85. The maximum absolute atomic E-state index is 5.30. The van der Waals surface area contributed by atoms with Gasteiger partial charge in [0.1, 0.15) is 0 Å². The third-order valence-corrected chi connectivity index (χ3v) is 3.30. The molecule has 2 aromatic rings. The number of hydrogen-bond donors (Lipinski definition) is 1. The molecular formula is C13H16ClN3O. The van der Waals surface area contributed by atoms with E-state index in [2.05, 4.69) is 39.7 Å². The molecular weight excluding hydrogens is 250 g/mol. The SMILES string of the molecule is Cc1noc(C2CNCC2c2ccccc2)n1.Cl. The number of aryl methyl sites for hydroxylation is 1. The van der Waals surface area contributed by atoms with Gasteiger partial charge in [0.25, 0.3) is 0 Å². The average molecular weight is 266 g/mol. The van der Waals surface area contributed by atoms with E-state index >= 15 is 0 Å². The van der Waals surface area contributed by atoms with Gasteiger partial charge in [-0.1, -0.05) is 35.5 Å². The van der Waals surface area contributed by atoms with Crippen molar-refractivity contribution in [2.24, 2.45) is 0 Å². The van der Waals surface area contributed by atoms with Crippen LogP contribution in [-0.2, 0) is 0 Å². The lowest BCUT2D eigenvalue weighted by atomic mass is 9.89. The molecule has 0 amide bonds. The number of nitrogens with one attached hydrogen (secondary N) is 1. The summed E-state index contributed by atoms with van der Waals surface area (Å²) in [4.78, 5) is 4.35. The summed E-state index contributed by atoms with van der Waals surface area (Å²) in [7, 11) is 0. The molecule has 2 heterocycles. The third-order valence-electron chi connectivity index (χ3n) is 3.30. The zero-order valence-corrected chi connectivity index (χ0v) is 11.0. The highest BCUT2D eigenvalue weighted by Crippen LogP contribution is 2.34. The zero-order valence-electron chi connectivity index (χ0n) is 10.2. The van der Waals surface area contributed by atoms with Gasteiger partial charge in [0, 0.05) is 19.0 Å². The van der Waals surface area contributed by atoms with Gasteiger partial charge in [-0.05, 0) is 12.5 Å². The first-order chi connectivity index (χ1) is 8.34. The van der Waals surface area contributed by atoms with Crippen LogP contribution in [0.2, 0.25) is 0 Å². The second kappa shape index (κ2) is 5.50. The van der Waals surface area contributed by atoms with Crippen LogP contribution in [0.3, 0.4) is 0 Å². The summed E-state index contributed by atoms with van der Waals surface area (Å²) in [6.07, 6.45) is 0. The van der Waals surface area contributed by atoms with E-state index in [1.165, 1.54) is 5.56 Å². The predicted molar refractivity (Wildman–Crippen MR) is 71.1 cm³/mol. The number of nitrogens with zero attached hydrogens (tertiary/aromatic N) is 2. The summed E-state index contributed by atoms with van der Waals surface area (Å²) in [5.41, 5.74) is 1.33. The molecule has 1 fully saturated rings. The van der Waals surface area contributed by atoms with Crippen molar-refractivity contribution in [3.63, 3.8) is 0 Å². The van der Waals surface area contributed by atoms with E-state index < -0.39 is 0 Å². The first kappa shape index (κ1) is 13.1. The molecule has 0 saturated carbocycles. The van der Waals surface area contributed by atoms with Crippen LogP contribution in [0.15, 0.2) is 34.9 Å². The minimum Gasteiger partial charge on any atom is -0.339 e. The Labute approximate surface area is 112 Å². The first-order valence-electron chi connectivity index (χ1n) is 5.90. The van der Waals surface area contributed by atoms with Crippen molar-refractivity contribution in [2.45, 2.75) is 18.8 Å². The molecule has 0 spiro atoms. The first-order valence-corrected chi connectivity index (χ1v) is 5.90. The number of hydrogen-bond acceptors (Lipinski definition) is 4. The number of halogens is 1. The van der Waals surface area contributed by atoms with E-state index in [0.29, 0.717) is 17.7 Å². The van der Waals surface area contributed by atoms with Crippen LogP contribution in [0.5, 0.6) is 0 Å². The zero-order chi connectivity index (χ0) is 11.7. The van der Waals surface area contributed by atoms with Crippen LogP contribution in [0.25, 0.3) is 0 Å². The van der Waals surface area contributed by atoms with Gasteiger partial charge < -0.3 is 9.84 Å². The van der Waals surface area contributed by atoms with Crippen LogP contribution >= 0.6 is 12.4 Å². The van der Waals surface area contributed by atoms with Crippen molar-refractivity contribution in [1.82, 2.24) is 15.5 Å². The lowest BCUT2D eigenvalue weighted by Crippen LogP contribution is -2.09. The Morgan fingerprint density at radius 1 is 1.17 bits per heavy atom. The van der Waals surface area contributed by atoms with E-state index in [4.69, 9.17) is 4.52 Å². The van der Waals surface area contributed by atoms with E-state index in [1.807, 2.05) is 13.0 Å². The summed E-state index contributed by atoms with van der Waals surface area (Å²) < 4.78 is 5.30. The molecule has 0 bridgehead atoms. The summed E-state index contributed by atoms with van der Waals surface area (Å²) in [6.45, 7) is 3.73. The van der Waals surface area contributed by atoms with Crippen molar-refractivity contribution in [1.29, 1.82) is 0 Å². The minimum atomic E-state index is 0. The maximum atomic E-state index is 5.30. The predicted octanol–water partition coefficient (Wildman–Crippen LogP) is 2.27. The van der Waals surface area contributed by atoms with Crippen LogP contribution in [0.1, 0.15) is 29.1 Å². The molecule has 1 aliphatic heterocycles.